The first-order chi connectivity index (χ1) is 41.0. The van der Waals surface area contributed by atoms with E-state index in [0.29, 0.717) is 19.3 Å². The van der Waals surface area contributed by atoms with Crippen molar-refractivity contribution in [1.82, 2.24) is 0 Å². The predicted octanol–water partition coefficient (Wildman–Crippen LogP) is 23.4. The van der Waals surface area contributed by atoms with Gasteiger partial charge >= 0.3 is 17.9 Å². The molecule has 0 saturated heterocycles. The van der Waals surface area contributed by atoms with Gasteiger partial charge in [0.05, 0.1) is 0 Å². The van der Waals surface area contributed by atoms with Crippen LogP contribution < -0.4 is 0 Å². The van der Waals surface area contributed by atoms with Crippen LogP contribution in [0.1, 0.15) is 278 Å². The Labute approximate surface area is 511 Å². The lowest BCUT2D eigenvalue weighted by Gasteiger charge is -2.18. The van der Waals surface area contributed by atoms with Crippen LogP contribution in [0.25, 0.3) is 0 Å². The van der Waals surface area contributed by atoms with E-state index in [2.05, 4.69) is 179 Å². The van der Waals surface area contributed by atoms with Crippen molar-refractivity contribution in [3.63, 3.8) is 0 Å². The van der Waals surface area contributed by atoms with Crippen LogP contribution in [-0.2, 0) is 28.6 Å². The Kier molecular flexibility index (Phi) is 64.9. The highest BCUT2D eigenvalue weighted by atomic mass is 16.6. The number of carbonyl (C=O) groups excluding carboxylic acids is 3. The number of hydrogen-bond donors (Lipinski definition) is 0. The Morgan fingerprint density at radius 2 is 0.494 bits per heavy atom. The topological polar surface area (TPSA) is 78.9 Å². The van der Waals surface area contributed by atoms with Gasteiger partial charge in [-0.3, -0.25) is 14.4 Å². The summed E-state index contributed by atoms with van der Waals surface area (Å²) < 4.78 is 16.8. The lowest BCUT2D eigenvalue weighted by Crippen LogP contribution is -2.30. The van der Waals surface area contributed by atoms with Crippen molar-refractivity contribution in [3.05, 3.63) is 170 Å². The Morgan fingerprint density at radius 3 is 0.807 bits per heavy atom. The minimum absolute atomic E-state index is 0.121. The van der Waals surface area contributed by atoms with Crippen molar-refractivity contribution >= 4 is 17.9 Å². The molecule has 0 N–H and O–H groups in total. The fraction of sp³-hybridized carbons (Fsp3) is 0.597. The SMILES string of the molecule is CC/C=C\C/C=C\C/C=C\C/C=C\C/C=C\C/C=C\C/C=C\C/C=C\CCCCCCC(=O)OCC(COC(=O)CC/C=C\C/C=C\C/C=C\C/C=C\CC)OC(=O)CCCCCCCCCCCCC/C=C\C/C=C\CCCCCCC. The van der Waals surface area contributed by atoms with Crippen LogP contribution in [0, 0.1) is 0 Å². The largest absolute Gasteiger partial charge is 0.462 e. The van der Waals surface area contributed by atoms with Crippen LogP contribution in [-0.4, -0.2) is 37.2 Å². The van der Waals surface area contributed by atoms with Crippen molar-refractivity contribution in [2.75, 3.05) is 13.2 Å². The molecule has 0 bridgehead atoms. The molecule has 6 nitrogen and oxygen atoms in total. The van der Waals surface area contributed by atoms with Gasteiger partial charge in [-0.05, 0) is 141 Å². The zero-order valence-electron chi connectivity index (χ0n) is 53.4. The monoisotopic (exact) mass is 1140 g/mol. The number of carbonyl (C=O) groups is 3. The van der Waals surface area contributed by atoms with Gasteiger partial charge in [-0.15, -0.1) is 0 Å². The summed E-state index contributed by atoms with van der Waals surface area (Å²) in [5.41, 5.74) is 0. The van der Waals surface area contributed by atoms with Gasteiger partial charge < -0.3 is 14.2 Å². The van der Waals surface area contributed by atoms with Gasteiger partial charge in [0.1, 0.15) is 13.2 Å². The lowest BCUT2D eigenvalue weighted by atomic mass is 10.0. The standard InChI is InChI=1S/C77H122O6/c1-4-7-10-13-16-19-22-25-27-29-31-33-35-36-37-38-39-40-42-43-45-47-49-52-55-58-61-64-67-70-76(79)82-73-74(72-81-75(78)69-66-63-60-57-54-51-24-21-18-15-12-9-6-3)83-77(80)71-68-65-62-59-56-53-50-48-46-44-41-34-32-30-28-26-23-20-17-14-11-8-5-2/h7,9-10,12,16,18-19,21,23,25-27,30-33,36-37,39-40,43,45,49,51-52,54,60,63,74H,4-6,8,11,13-15,17,20,22,24,28-29,34-35,38,41-42,44,46-48,50,53,55-59,61-62,64-73H2,1-3H3/b10-7-,12-9-,19-16-,21-18-,26-23-,27-25-,32-30-,33-31-,37-36-,40-39-,45-43-,52-49-,54-51-,63-60-. The van der Waals surface area contributed by atoms with Gasteiger partial charge in [0.25, 0.3) is 0 Å². The Morgan fingerprint density at radius 1 is 0.253 bits per heavy atom. The third-order valence-corrected chi connectivity index (χ3v) is 13.7. The van der Waals surface area contributed by atoms with Crippen molar-refractivity contribution in [2.24, 2.45) is 0 Å². The van der Waals surface area contributed by atoms with Gasteiger partial charge in [0, 0.05) is 19.3 Å². The van der Waals surface area contributed by atoms with Gasteiger partial charge in [-0.2, -0.15) is 0 Å². The molecule has 0 rings (SSSR count). The van der Waals surface area contributed by atoms with Crippen molar-refractivity contribution in [2.45, 2.75) is 284 Å². The third-order valence-electron chi connectivity index (χ3n) is 13.7. The van der Waals surface area contributed by atoms with Crippen LogP contribution >= 0.6 is 0 Å². The van der Waals surface area contributed by atoms with E-state index < -0.39 is 6.10 Å². The zero-order chi connectivity index (χ0) is 59.9. The highest BCUT2D eigenvalue weighted by Gasteiger charge is 2.19. The molecule has 0 aromatic rings. The van der Waals surface area contributed by atoms with E-state index in [1.165, 1.54) is 96.3 Å². The molecular formula is C77H122O6. The van der Waals surface area contributed by atoms with E-state index in [1.54, 1.807) is 0 Å². The first-order valence-electron chi connectivity index (χ1n) is 33.6. The summed E-state index contributed by atoms with van der Waals surface area (Å²) >= 11 is 0. The average Bonchev–Trinajstić information content (AvgIpc) is 3.49. The molecule has 6 heteroatoms. The van der Waals surface area contributed by atoms with Crippen LogP contribution in [0.3, 0.4) is 0 Å². The van der Waals surface area contributed by atoms with E-state index in [4.69, 9.17) is 14.2 Å². The molecule has 0 amide bonds. The summed E-state index contributed by atoms with van der Waals surface area (Å²) in [4.78, 5) is 38.3. The fourth-order valence-electron chi connectivity index (χ4n) is 8.74. The summed E-state index contributed by atoms with van der Waals surface area (Å²) in [6.45, 7) is 6.31. The van der Waals surface area contributed by atoms with Crippen LogP contribution in [0.5, 0.6) is 0 Å². The van der Waals surface area contributed by atoms with E-state index in [-0.39, 0.29) is 37.5 Å². The maximum atomic E-state index is 12.9. The minimum atomic E-state index is -0.829. The third kappa shape index (κ3) is 67.4. The van der Waals surface area contributed by atoms with Gasteiger partial charge in [0.15, 0.2) is 6.10 Å². The van der Waals surface area contributed by atoms with Gasteiger partial charge in [-0.1, -0.05) is 287 Å². The van der Waals surface area contributed by atoms with Gasteiger partial charge in [-0.25, -0.2) is 0 Å². The molecule has 0 spiro atoms. The molecule has 0 aliphatic rings. The molecule has 1 unspecified atom stereocenters. The summed E-state index contributed by atoms with van der Waals surface area (Å²) in [5, 5.41) is 0. The Hall–Kier alpha value is -5.23. The van der Waals surface area contributed by atoms with Crippen LogP contribution in [0.2, 0.25) is 0 Å². The molecule has 0 heterocycles. The lowest BCUT2D eigenvalue weighted by molar-refractivity contribution is -0.166. The maximum absolute atomic E-state index is 12.9. The first-order valence-corrected chi connectivity index (χ1v) is 33.6. The summed E-state index contributed by atoms with van der Waals surface area (Å²) in [7, 11) is 0. The fourth-order valence-corrected chi connectivity index (χ4v) is 8.74. The van der Waals surface area contributed by atoms with E-state index >= 15 is 0 Å². The molecule has 0 aromatic heterocycles. The predicted molar refractivity (Wildman–Crippen MR) is 361 cm³/mol. The summed E-state index contributed by atoms with van der Waals surface area (Å²) in [5.74, 6) is -1.03. The average molecular weight is 1140 g/mol. The quantitative estimate of drug-likeness (QED) is 0.0261. The number of ether oxygens (including phenoxy) is 3. The second-order valence-corrected chi connectivity index (χ2v) is 21.6. The number of esters is 3. The second-order valence-electron chi connectivity index (χ2n) is 21.6. The molecule has 83 heavy (non-hydrogen) atoms. The van der Waals surface area contributed by atoms with E-state index in [1.807, 2.05) is 12.2 Å². The van der Waals surface area contributed by atoms with Crippen LogP contribution in [0.4, 0.5) is 0 Å². The molecule has 0 fully saturated rings. The number of allylic oxidation sites excluding steroid dienone is 28. The zero-order valence-corrected chi connectivity index (χ0v) is 53.4. The number of rotatable bonds is 59. The first kappa shape index (κ1) is 77.8. The second kappa shape index (κ2) is 69.3. The normalized spacial score (nSPS) is 13.2. The molecule has 0 aliphatic carbocycles. The van der Waals surface area contributed by atoms with Crippen molar-refractivity contribution < 1.29 is 28.6 Å². The Balaban J connectivity index is 4.44. The van der Waals surface area contributed by atoms with Gasteiger partial charge in [0.2, 0.25) is 0 Å². The Bertz CT molecular complexity index is 1890. The molecular weight excluding hydrogens is 1020 g/mol. The summed E-state index contributed by atoms with van der Waals surface area (Å²) in [6.07, 6.45) is 102. The van der Waals surface area contributed by atoms with Crippen molar-refractivity contribution in [1.29, 1.82) is 0 Å². The maximum Gasteiger partial charge on any atom is 0.306 e. The highest BCUT2D eigenvalue weighted by Crippen LogP contribution is 2.15. The molecule has 0 radical (unpaired) electrons. The number of unbranched alkanes of at least 4 members (excludes halogenated alkanes) is 20. The minimum Gasteiger partial charge on any atom is -0.462 e. The van der Waals surface area contributed by atoms with Crippen molar-refractivity contribution in [3.8, 4) is 0 Å². The molecule has 466 valence electrons. The van der Waals surface area contributed by atoms with Crippen LogP contribution in [0.15, 0.2) is 170 Å². The molecule has 0 saturated carbocycles. The van der Waals surface area contributed by atoms with E-state index in [0.717, 1.165) is 135 Å². The molecule has 0 aliphatic heterocycles. The number of hydrogen-bond acceptors (Lipinski definition) is 6. The highest BCUT2D eigenvalue weighted by molar-refractivity contribution is 5.71. The molecule has 1 atom stereocenters. The van der Waals surface area contributed by atoms with E-state index in [9.17, 15) is 14.4 Å². The summed E-state index contributed by atoms with van der Waals surface area (Å²) in [6, 6.07) is 0. The molecule has 0 aromatic carbocycles. The smallest absolute Gasteiger partial charge is 0.306 e.